The van der Waals surface area contributed by atoms with E-state index in [2.05, 4.69) is 18.8 Å². The van der Waals surface area contributed by atoms with Crippen molar-refractivity contribution in [1.82, 2.24) is 4.98 Å². The Balaban J connectivity index is 2.48. The van der Waals surface area contributed by atoms with Crippen LogP contribution in [0.3, 0.4) is 0 Å². The monoisotopic (exact) mass is 261 g/mol. The summed E-state index contributed by atoms with van der Waals surface area (Å²) in [6, 6.07) is 10.0. The molecule has 0 aliphatic carbocycles. The molecule has 3 nitrogen and oxygen atoms in total. The van der Waals surface area contributed by atoms with Gasteiger partial charge in [0.25, 0.3) is 0 Å². The lowest BCUT2D eigenvalue weighted by Gasteiger charge is -2.22. The second-order valence-electron chi connectivity index (χ2n) is 4.72. The summed E-state index contributed by atoms with van der Waals surface area (Å²) < 4.78 is 0. The van der Waals surface area contributed by atoms with Crippen molar-refractivity contribution in [2.75, 3.05) is 0 Å². The van der Waals surface area contributed by atoms with Crippen molar-refractivity contribution >= 4 is 17.3 Å². The highest BCUT2D eigenvalue weighted by molar-refractivity contribution is 7.12. The first-order chi connectivity index (χ1) is 8.43. The Morgan fingerprint density at radius 1 is 1.28 bits per heavy atom. The first-order valence-electron chi connectivity index (χ1n) is 5.69. The van der Waals surface area contributed by atoms with Gasteiger partial charge >= 0.3 is 5.97 Å². The molecule has 0 unspecified atom stereocenters. The Morgan fingerprint density at radius 3 is 2.39 bits per heavy atom. The fourth-order valence-corrected chi connectivity index (χ4v) is 2.87. The van der Waals surface area contributed by atoms with Gasteiger partial charge in [0.1, 0.15) is 5.01 Å². The van der Waals surface area contributed by atoms with E-state index in [9.17, 15) is 4.79 Å². The summed E-state index contributed by atoms with van der Waals surface area (Å²) in [5, 5.41) is 9.90. The van der Waals surface area contributed by atoms with E-state index in [1.807, 2.05) is 30.3 Å². The second kappa shape index (κ2) is 4.53. The van der Waals surface area contributed by atoms with Crippen LogP contribution in [0.4, 0.5) is 0 Å². The molecule has 0 aliphatic heterocycles. The smallest absolute Gasteiger partial charge is 0.355 e. The van der Waals surface area contributed by atoms with Gasteiger partial charge in [0.15, 0.2) is 5.69 Å². The van der Waals surface area contributed by atoms with E-state index in [0.717, 1.165) is 15.4 Å². The average molecular weight is 261 g/mol. The van der Waals surface area contributed by atoms with Crippen LogP contribution in [-0.4, -0.2) is 16.1 Å². The maximum Gasteiger partial charge on any atom is 0.355 e. The number of nitrogens with zero attached hydrogens (tertiary/aromatic N) is 1. The van der Waals surface area contributed by atoms with Crippen molar-refractivity contribution in [3.63, 3.8) is 0 Å². The fraction of sp³-hybridized carbons (Fsp3) is 0.286. The average Bonchev–Trinajstić information content (AvgIpc) is 2.73. The van der Waals surface area contributed by atoms with Gasteiger partial charge in [-0.3, -0.25) is 0 Å². The third-order valence-corrected chi connectivity index (χ3v) is 4.32. The number of hydrogen-bond acceptors (Lipinski definition) is 3. The molecule has 0 saturated heterocycles. The summed E-state index contributed by atoms with van der Waals surface area (Å²) in [6.07, 6.45) is 0. The largest absolute Gasteiger partial charge is 0.476 e. The minimum Gasteiger partial charge on any atom is -0.476 e. The zero-order valence-corrected chi connectivity index (χ0v) is 11.4. The molecule has 0 fully saturated rings. The van der Waals surface area contributed by atoms with Crippen LogP contribution in [0.5, 0.6) is 0 Å². The van der Waals surface area contributed by atoms with Gasteiger partial charge in [-0.15, -0.1) is 11.3 Å². The van der Waals surface area contributed by atoms with E-state index in [-0.39, 0.29) is 11.1 Å². The molecular weight excluding hydrogens is 246 g/mol. The highest BCUT2D eigenvalue weighted by Gasteiger charge is 2.28. The van der Waals surface area contributed by atoms with Crippen molar-refractivity contribution < 1.29 is 9.90 Å². The number of carboxylic acid groups (broad SMARTS) is 1. The molecule has 2 aromatic rings. The van der Waals surface area contributed by atoms with Gasteiger partial charge in [-0.25, -0.2) is 9.78 Å². The number of rotatable bonds is 3. The van der Waals surface area contributed by atoms with E-state index in [1.54, 1.807) is 6.92 Å². The molecule has 0 bridgehead atoms. The SMILES string of the molecule is Cc1sc(C(C)(C)c2ccccc2)nc1C(=O)O. The lowest BCUT2D eigenvalue weighted by molar-refractivity contribution is 0.0690. The minimum absolute atomic E-state index is 0.166. The van der Waals surface area contributed by atoms with E-state index in [1.165, 1.54) is 11.3 Å². The predicted octanol–water partition coefficient (Wildman–Crippen LogP) is 3.48. The number of hydrogen-bond donors (Lipinski definition) is 1. The minimum atomic E-state index is -0.959. The number of aryl methyl sites for hydroxylation is 1. The molecule has 0 saturated carbocycles. The van der Waals surface area contributed by atoms with Crippen molar-refractivity contribution in [3.05, 3.63) is 51.5 Å². The molecule has 0 spiro atoms. The van der Waals surface area contributed by atoms with Crippen molar-refractivity contribution in [3.8, 4) is 0 Å². The molecule has 18 heavy (non-hydrogen) atoms. The third-order valence-electron chi connectivity index (χ3n) is 3.03. The summed E-state index contributed by atoms with van der Waals surface area (Å²) in [5.74, 6) is -0.959. The summed E-state index contributed by atoms with van der Waals surface area (Å²) in [5.41, 5.74) is 1.03. The first-order valence-corrected chi connectivity index (χ1v) is 6.51. The summed E-state index contributed by atoms with van der Waals surface area (Å²) in [6.45, 7) is 5.92. The Morgan fingerprint density at radius 2 is 1.89 bits per heavy atom. The molecule has 0 radical (unpaired) electrons. The molecular formula is C14H15NO2S. The maximum atomic E-state index is 11.0. The van der Waals surface area contributed by atoms with Crippen LogP contribution in [-0.2, 0) is 5.41 Å². The number of aromatic nitrogens is 1. The quantitative estimate of drug-likeness (QED) is 0.920. The van der Waals surface area contributed by atoms with E-state index >= 15 is 0 Å². The Kier molecular flexibility index (Phi) is 3.22. The van der Waals surface area contributed by atoms with Gasteiger partial charge in [-0.1, -0.05) is 30.3 Å². The van der Waals surface area contributed by atoms with Gasteiger partial charge in [-0.2, -0.15) is 0 Å². The molecule has 0 aliphatic rings. The molecule has 0 atom stereocenters. The standard InChI is InChI=1S/C14H15NO2S/c1-9-11(12(16)17)15-13(18-9)14(2,3)10-7-5-4-6-8-10/h4-8H,1-3H3,(H,16,17). The summed E-state index contributed by atoms with van der Waals surface area (Å²) >= 11 is 1.45. The first kappa shape index (κ1) is 12.8. The maximum absolute atomic E-state index is 11.0. The molecule has 1 aromatic heterocycles. The molecule has 2 rings (SSSR count). The van der Waals surface area contributed by atoms with Crippen LogP contribution in [0, 0.1) is 6.92 Å². The van der Waals surface area contributed by atoms with E-state index in [0.29, 0.717) is 0 Å². The number of carboxylic acids is 1. The van der Waals surface area contributed by atoms with Crippen LogP contribution in [0.2, 0.25) is 0 Å². The molecule has 94 valence electrons. The van der Waals surface area contributed by atoms with Gasteiger partial charge in [0.2, 0.25) is 0 Å². The second-order valence-corrected chi connectivity index (χ2v) is 5.92. The fourth-order valence-electron chi connectivity index (χ4n) is 1.84. The number of aromatic carboxylic acids is 1. The zero-order chi connectivity index (χ0) is 13.3. The van der Waals surface area contributed by atoms with Crippen LogP contribution in [0.15, 0.2) is 30.3 Å². The Hall–Kier alpha value is -1.68. The molecule has 0 amide bonds. The van der Waals surface area contributed by atoms with Crippen molar-refractivity contribution in [1.29, 1.82) is 0 Å². The predicted molar refractivity (Wildman–Crippen MR) is 72.4 cm³/mol. The van der Waals surface area contributed by atoms with E-state index < -0.39 is 5.97 Å². The summed E-state index contributed by atoms with van der Waals surface area (Å²) in [4.78, 5) is 16.1. The zero-order valence-electron chi connectivity index (χ0n) is 10.6. The molecule has 1 aromatic carbocycles. The summed E-state index contributed by atoms with van der Waals surface area (Å²) in [7, 11) is 0. The Bertz CT molecular complexity index is 573. The molecule has 1 N–H and O–H groups in total. The lowest BCUT2D eigenvalue weighted by Crippen LogP contribution is -2.18. The third kappa shape index (κ3) is 2.16. The van der Waals surface area contributed by atoms with E-state index in [4.69, 9.17) is 5.11 Å². The van der Waals surface area contributed by atoms with Crippen LogP contribution in [0.25, 0.3) is 0 Å². The highest BCUT2D eigenvalue weighted by Crippen LogP contribution is 2.35. The van der Waals surface area contributed by atoms with Crippen LogP contribution < -0.4 is 0 Å². The van der Waals surface area contributed by atoms with Crippen molar-refractivity contribution in [2.45, 2.75) is 26.2 Å². The highest BCUT2D eigenvalue weighted by atomic mass is 32.1. The lowest BCUT2D eigenvalue weighted by atomic mass is 9.85. The van der Waals surface area contributed by atoms with Crippen LogP contribution in [0.1, 0.15) is 39.8 Å². The number of benzene rings is 1. The van der Waals surface area contributed by atoms with Gasteiger partial charge in [0.05, 0.1) is 0 Å². The number of carbonyl (C=O) groups is 1. The molecule has 1 heterocycles. The van der Waals surface area contributed by atoms with Gasteiger partial charge < -0.3 is 5.11 Å². The normalized spacial score (nSPS) is 11.5. The number of thiazole rings is 1. The Labute approximate surface area is 110 Å². The van der Waals surface area contributed by atoms with Crippen molar-refractivity contribution in [2.24, 2.45) is 0 Å². The van der Waals surface area contributed by atoms with Crippen LogP contribution >= 0.6 is 11.3 Å². The topological polar surface area (TPSA) is 50.2 Å². The molecule has 4 heteroatoms. The van der Waals surface area contributed by atoms with Gasteiger partial charge in [0, 0.05) is 10.3 Å². The van der Waals surface area contributed by atoms with Gasteiger partial charge in [-0.05, 0) is 26.3 Å².